The topological polar surface area (TPSA) is 38.5 Å². The number of nitrogen functional groups attached to an aromatic ring is 1. The Morgan fingerprint density at radius 2 is 1.48 bits per heavy atom. The number of hydrogen-bond acceptors (Lipinski definition) is 3. The molecule has 2 aromatic rings. The zero-order chi connectivity index (χ0) is 14.7. The average molecular weight is 282 g/mol. The van der Waals surface area contributed by atoms with E-state index in [9.17, 15) is 0 Å². The molecule has 110 valence electrons. The molecule has 0 bridgehead atoms. The second kappa shape index (κ2) is 6.19. The van der Waals surface area contributed by atoms with Crippen LogP contribution in [0.4, 0.5) is 5.69 Å². The number of ether oxygens (including phenoxy) is 1. The molecule has 0 saturated heterocycles. The SMILES string of the molecule is COc1ccc(CN(Cc2ccc(N)cc2)C2CC2)cc1. The van der Waals surface area contributed by atoms with Gasteiger partial charge in [0.05, 0.1) is 7.11 Å². The minimum Gasteiger partial charge on any atom is -0.497 e. The summed E-state index contributed by atoms with van der Waals surface area (Å²) in [5.41, 5.74) is 9.24. The molecule has 0 atom stereocenters. The molecule has 1 saturated carbocycles. The zero-order valence-corrected chi connectivity index (χ0v) is 12.5. The molecule has 3 rings (SSSR count). The Balaban J connectivity index is 1.68. The quantitative estimate of drug-likeness (QED) is 0.825. The molecule has 0 aromatic heterocycles. The van der Waals surface area contributed by atoms with Gasteiger partial charge in [-0.1, -0.05) is 24.3 Å². The molecule has 1 aliphatic carbocycles. The molecule has 0 radical (unpaired) electrons. The molecule has 3 nitrogen and oxygen atoms in total. The van der Waals surface area contributed by atoms with E-state index in [4.69, 9.17) is 10.5 Å². The standard InChI is InChI=1S/C18H22N2O/c1-21-18-10-4-15(5-11-18)13-20(17-8-9-17)12-14-2-6-16(19)7-3-14/h2-7,10-11,17H,8-9,12-13,19H2,1H3. The summed E-state index contributed by atoms with van der Waals surface area (Å²) < 4.78 is 5.22. The van der Waals surface area contributed by atoms with Gasteiger partial charge in [-0.3, -0.25) is 4.90 Å². The zero-order valence-electron chi connectivity index (χ0n) is 12.5. The van der Waals surface area contributed by atoms with Crippen LogP contribution in [0.5, 0.6) is 5.75 Å². The normalized spacial score (nSPS) is 14.4. The molecule has 1 fully saturated rings. The lowest BCUT2D eigenvalue weighted by atomic mass is 10.1. The molecule has 0 amide bonds. The Morgan fingerprint density at radius 3 is 1.95 bits per heavy atom. The van der Waals surface area contributed by atoms with Gasteiger partial charge in [0.2, 0.25) is 0 Å². The third-order valence-electron chi connectivity index (χ3n) is 3.97. The van der Waals surface area contributed by atoms with E-state index in [2.05, 4.69) is 29.2 Å². The number of benzene rings is 2. The number of hydrogen-bond donors (Lipinski definition) is 1. The van der Waals surface area contributed by atoms with E-state index >= 15 is 0 Å². The molecule has 3 heteroatoms. The highest BCUT2D eigenvalue weighted by atomic mass is 16.5. The predicted molar refractivity (Wildman–Crippen MR) is 86.1 cm³/mol. The van der Waals surface area contributed by atoms with Crippen LogP contribution in [0.1, 0.15) is 24.0 Å². The minimum atomic E-state index is 0.727. The van der Waals surface area contributed by atoms with Crippen molar-refractivity contribution in [1.82, 2.24) is 4.90 Å². The van der Waals surface area contributed by atoms with Gasteiger partial charge in [-0.2, -0.15) is 0 Å². The molecule has 1 aliphatic rings. The van der Waals surface area contributed by atoms with Crippen molar-refractivity contribution in [2.24, 2.45) is 0 Å². The van der Waals surface area contributed by atoms with Crippen LogP contribution in [0, 0.1) is 0 Å². The first-order chi connectivity index (χ1) is 10.2. The summed E-state index contributed by atoms with van der Waals surface area (Å²) >= 11 is 0. The molecule has 0 aliphatic heterocycles. The van der Waals surface area contributed by atoms with E-state index in [0.29, 0.717) is 0 Å². The molecule has 21 heavy (non-hydrogen) atoms. The van der Waals surface area contributed by atoms with E-state index in [1.807, 2.05) is 24.3 Å². The van der Waals surface area contributed by atoms with Crippen molar-refractivity contribution < 1.29 is 4.74 Å². The highest BCUT2D eigenvalue weighted by Gasteiger charge is 2.28. The molecule has 0 spiro atoms. The van der Waals surface area contributed by atoms with Crippen LogP contribution in [-0.2, 0) is 13.1 Å². The van der Waals surface area contributed by atoms with Crippen LogP contribution in [0.25, 0.3) is 0 Å². The maximum Gasteiger partial charge on any atom is 0.118 e. The Labute approximate surface area is 126 Å². The predicted octanol–water partition coefficient (Wildman–Crippen LogP) is 3.44. The third-order valence-corrected chi connectivity index (χ3v) is 3.97. The lowest BCUT2D eigenvalue weighted by Crippen LogP contribution is -2.25. The van der Waals surface area contributed by atoms with E-state index < -0.39 is 0 Å². The summed E-state index contributed by atoms with van der Waals surface area (Å²) in [5.74, 6) is 0.912. The van der Waals surface area contributed by atoms with Gasteiger partial charge in [-0.05, 0) is 48.2 Å². The Kier molecular flexibility index (Phi) is 4.11. The number of rotatable bonds is 6. The van der Waals surface area contributed by atoms with Gasteiger partial charge in [0.15, 0.2) is 0 Å². The van der Waals surface area contributed by atoms with Crippen LogP contribution < -0.4 is 10.5 Å². The highest BCUT2D eigenvalue weighted by Crippen LogP contribution is 2.30. The number of methoxy groups -OCH3 is 1. The Morgan fingerprint density at radius 1 is 0.952 bits per heavy atom. The fourth-order valence-electron chi connectivity index (χ4n) is 2.58. The van der Waals surface area contributed by atoms with Gasteiger partial charge in [0.25, 0.3) is 0 Å². The first-order valence-corrected chi connectivity index (χ1v) is 7.46. The largest absolute Gasteiger partial charge is 0.497 e. The van der Waals surface area contributed by atoms with Crippen molar-refractivity contribution in [1.29, 1.82) is 0 Å². The van der Waals surface area contributed by atoms with Crippen molar-refractivity contribution in [2.75, 3.05) is 12.8 Å². The van der Waals surface area contributed by atoms with Crippen molar-refractivity contribution in [3.8, 4) is 5.75 Å². The molecule has 0 unspecified atom stereocenters. The van der Waals surface area contributed by atoms with Crippen LogP contribution in [0.15, 0.2) is 48.5 Å². The van der Waals surface area contributed by atoms with Crippen molar-refractivity contribution >= 4 is 5.69 Å². The van der Waals surface area contributed by atoms with E-state index in [1.165, 1.54) is 24.0 Å². The Bertz CT molecular complexity index is 573. The lowest BCUT2D eigenvalue weighted by Gasteiger charge is -2.22. The number of anilines is 1. The number of nitrogens with zero attached hydrogens (tertiary/aromatic N) is 1. The second-order valence-electron chi connectivity index (χ2n) is 5.73. The van der Waals surface area contributed by atoms with Gasteiger partial charge in [-0.25, -0.2) is 0 Å². The molecule has 2 aromatic carbocycles. The second-order valence-corrected chi connectivity index (χ2v) is 5.73. The van der Waals surface area contributed by atoms with Crippen LogP contribution in [0.2, 0.25) is 0 Å². The average Bonchev–Trinajstić information content (AvgIpc) is 3.34. The number of nitrogens with two attached hydrogens (primary N) is 1. The summed E-state index contributed by atoms with van der Waals surface area (Å²) in [6.07, 6.45) is 2.62. The van der Waals surface area contributed by atoms with Crippen LogP contribution in [-0.4, -0.2) is 18.1 Å². The molecule has 0 heterocycles. The van der Waals surface area contributed by atoms with E-state index in [1.54, 1.807) is 7.11 Å². The lowest BCUT2D eigenvalue weighted by molar-refractivity contribution is 0.245. The van der Waals surface area contributed by atoms with Crippen molar-refractivity contribution in [2.45, 2.75) is 32.0 Å². The van der Waals surface area contributed by atoms with E-state index in [0.717, 1.165) is 30.6 Å². The van der Waals surface area contributed by atoms with Crippen LogP contribution >= 0.6 is 0 Å². The van der Waals surface area contributed by atoms with Gasteiger partial charge in [0.1, 0.15) is 5.75 Å². The van der Waals surface area contributed by atoms with Gasteiger partial charge >= 0.3 is 0 Å². The van der Waals surface area contributed by atoms with Gasteiger partial charge in [0, 0.05) is 24.8 Å². The summed E-state index contributed by atoms with van der Waals surface area (Å²) in [7, 11) is 1.70. The first-order valence-electron chi connectivity index (χ1n) is 7.46. The summed E-state index contributed by atoms with van der Waals surface area (Å²) in [6, 6.07) is 17.3. The van der Waals surface area contributed by atoms with Gasteiger partial charge in [-0.15, -0.1) is 0 Å². The maximum absolute atomic E-state index is 5.76. The van der Waals surface area contributed by atoms with Crippen molar-refractivity contribution in [3.05, 3.63) is 59.7 Å². The molecular formula is C18H22N2O. The monoisotopic (exact) mass is 282 g/mol. The summed E-state index contributed by atoms with van der Waals surface area (Å²) in [4.78, 5) is 2.55. The molecular weight excluding hydrogens is 260 g/mol. The highest BCUT2D eigenvalue weighted by molar-refractivity contribution is 5.39. The maximum atomic E-state index is 5.76. The van der Waals surface area contributed by atoms with Gasteiger partial charge < -0.3 is 10.5 Å². The minimum absolute atomic E-state index is 0.727. The Hall–Kier alpha value is -2.00. The van der Waals surface area contributed by atoms with Crippen molar-refractivity contribution in [3.63, 3.8) is 0 Å². The third kappa shape index (κ3) is 3.76. The fraction of sp³-hybridized carbons (Fsp3) is 0.333. The first kappa shape index (κ1) is 14.0. The summed E-state index contributed by atoms with van der Waals surface area (Å²) in [5, 5.41) is 0. The van der Waals surface area contributed by atoms with Crippen LogP contribution in [0.3, 0.4) is 0 Å². The van der Waals surface area contributed by atoms with E-state index in [-0.39, 0.29) is 0 Å². The fourth-order valence-corrected chi connectivity index (χ4v) is 2.58. The molecule has 2 N–H and O–H groups in total. The summed E-state index contributed by atoms with van der Waals surface area (Å²) in [6.45, 7) is 1.97. The smallest absolute Gasteiger partial charge is 0.118 e.